The van der Waals surface area contributed by atoms with Gasteiger partial charge in [0.2, 0.25) is 0 Å². The molecule has 0 saturated carbocycles. The molecule has 0 heterocycles. The minimum absolute atomic E-state index is 0.323. The Bertz CT molecular complexity index is 828. The SMILES string of the molecule is COC(=O)c1ccc2c(c1)-c1ccc(C(=O)OC(C)(C)C)cc1C2. The van der Waals surface area contributed by atoms with Crippen molar-refractivity contribution >= 4 is 11.9 Å². The van der Waals surface area contributed by atoms with Crippen molar-refractivity contribution in [2.75, 3.05) is 7.11 Å². The van der Waals surface area contributed by atoms with Gasteiger partial charge in [0, 0.05) is 0 Å². The van der Waals surface area contributed by atoms with Gasteiger partial charge in [-0.25, -0.2) is 9.59 Å². The molecule has 124 valence electrons. The smallest absolute Gasteiger partial charge is 0.338 e. The average molecular weight is 324 g/mol. The Morgan fingerprint density at radius 3 is 2.21 bits per heavy atom. The van der Waals surface area contributed by atoms with Gasteiger partial charge in [-0.15, -0.1) is 0 Å². The summed E-state index contributed by atoms with van der Waals surface area (Å²) in [5.74, 6) is -0.673. The van der Waals surface area contributed by atoms with E-state index in [1.807, 2.05) is 45.0 Å². The highest BCUT2D eigenvalue weighted by Gasteiger charge is 2.23. The summed E-state index contributed by atoms with van der Waals surface area (Å²) in [5, 5.41) is 0. The lowest BCUT2D eigenvalue weighted by Gasteiger charge is -2.19. The lowest BCUT2D eigenvalue weighted by Crippen LogP contribution is -2.23. The third kappa shape index (κ3) is 3.04. The molecule has 0 bridgehead atoms. The summed E-state index contributed by atoms with van der Waals surface area (Å²) in [4.78, 5) is 24.0. The van der Waals surface area contributed by atoms with Crippen molar-refractivity contribution in [3.63, 3.8) is 0 Å². The van der Waals surface area contributed by atoms with E-state index in [2.05, 4.69) is 0 Å². The molecule has 3 rings (SSSR count). The van der Waals surface area contributed by atoms with Crippen LogP contribution in [0.1, 0.15) is 52.6 Å². The van der Waals surface area contributed by atoms with Crippen LogP contribution in [0.2, 0.25) is 0 Å². The molecule has 2 aromatic carbocycles. The van der Waals surface area contributed by atoms with Crippen LogP contribution in [-0.4, -0.2) is 24.6 Å². The van der Waals surface area contributed by atoms with Gasteiger partial charge in [-0.1, -0.05) is 12.1 Å². The van der Waals surface area contributed by atoms with E-state index in [1.54, 1.807) is 12.1 Å². The number of hydrogen-bond donors (Lipinski definition) is 0. The van der Waals surface area contributed by atoms with Crippen LogP contribution in [0.4, 0.5) is 0 Å². The number of benzene rings is 2. The molecular formula is C20H20O4. The highest BCUT2D eigenvalue weighted by Crippen LogP contribution is 2.37. The maximum Gasteiger partial charge on any atom is 0.338 e. The zero-order chi connectivity index (χ0) is 17.5. The lowest BCUT2D eigenvalue weighted by atomic mass is 10.0. The molecule has 0 N–H and O–H groups in total. The molecule has 1 aliphatic carbocycles. The number of fused-ring (bicyclic) bond motifs is 3. The summed E-state index contributed by atoms with van der Waals surface area (Å²) >= 11 is 0. The highest BCUT2D eigenvalue weighted by molar-refractivity contribution is 5.94. The summed E-state index contributed by atoms with van der Waals surface area (Å²) in [7, 11) is 1.37. The first-order chi connectivity index (χ1) is 11.3. The van der Waals surface area contributed by atoms with E-state index in [4.69, 9.17) is 9.47 Å². The summed E-state index contributed by atoms with van der Waals surface area (Å²) in [6.45, 7) is 5.55. The molecule has 0 saturated heterocycles. The molecule has 0 radical (unpaired) electrons. The van der Waals surface area contributed by atoms with Crippen LogP contribution in [0.3, 0.4) is 0 Å². The first kappa shape index (κ1) is 16.2. The van der Waals surface area contributed by atoms with Gasteiger partial charge in [-0.05, 0) is 73.7 Å². The van der Waals surface area contributed by atoms with Crippen LogP contribution in [0, 0.1) is 0 Å². The Hall–Kier alpha value is -2.62. The van der Waals surface area contributed by atoms with E-state index < -0.39 is 5.60 Å². The Balaban J connectivity index is 1.94. The molecule has 4 nitrogen and oxygen atoms in total. The van der Waals surface area contributed by atoms with E-state index in [0.29, 0.717) is 11.1 Å². The number of ether oxygens (including phenoxy) is 2. The van der Waals surface area contributed by atoms with Gasteiger partial charge >= 0.3 is 11.9 Å². The Morgan fingerprint density at radius 2 is 1.54 bits per heavy atom. The van der Waals surface area contributed by atoms with Crippen molar-refractivity contribution in [1.29, 1.82) is 0 Å². The number of carbonyl (C=O) groups excluding carboxylic acids is 2. The topological polar surface area (TPSA) is 52.6 Å². The zero-order valence-corrected chi connectivity index (χ0v) is 14.3. The van der Waals surface area contributed by atoms with Gasteiger partial charge in [-0.3, -0.25) is 0 Å². The largest absolute Gasteiger partial charge is 0.465 e. The minimum atomic E-state index is -0.519. The molecule has 4 heteroatoms. The van der Waals surface area contributed by atoms with Crippen LogP contribution in [0.25, 0.3) is 11.1 Å². The van der Waals surface area contributed by atoms with Crippen molar-refractivity contribution in [1.82, 2.24) is 0 Å². The highest BCUT2D eigenvalue weighted by atomic mass is 16.6. The van der Waals surface area contributed by atoms with Crippen LogP contribution in [-0.2, 0) is 15.9 Å². The van der Waals surface area contributed by atoms with Gasteiger partial charge in [-0.2, -0.15) is 0 Å². The second-order valence-corrected chi connectivity index (χ2v) is 6.91. The van der Waals surface area contributed by atoms with E-state index in [9.17, 15) is 9.59 Å². The third-order valence-electron chi connectivity index (χ3n) is 3.94. The number of carbonyl (C=O) groups is 2. The van der Waals surface area contributed by atoms with E-state index >= 15 is 0 Å². The monoisotopic (exact) mass is 324 g/mol. The average Bonchev–Trinajstić information content (AvgIpc) is 2.89. The Kier molecular flexibility index (Phi) is 3.91. The van der Waals surface area contributed by atoms with Crippen molar-refractivity contribution in [2.45, 2.75) is 32.8 Å². The second kappa shape index (κ2) is 5.78. The van der Waals surface area contributed by atoms with Gasteiger partial charge < -0.3 is 9.47 Å². The molecule has 0 spiro atoms. The normalized spacial score (nSPS) is 12.3. The zero-order valence-electron chi connectivity index (χ0n) is 14.3. The molecule has 2 aromatic rings. The van der Waals surface area contributed by atoms with Crippen molar-refractivity contribution < 1.29 is 19.1 Å². The van der Waals surface area contributed by atoms with Crippen molar-refractivity contribution in [3.05, 3.63) is 58.7 Å². The van der Waals surface area contributed by atoms with Gasteiger partial charge in [0.15, 0.2) is 0 Å². The number of methoxy groups -OCH3 is 1. The standard InChI is InChI=1S/C20H20O4/c1-20(2,3)24-19(22)13-7-8-16-15(10-13)9-12-5-6-14(11-17(12)16)18(21)23-4/h5-8,10-11H,9H2,1-4H3. The first-order valence-electron chi connectivity index (χ1n) is 7.86. The van der Waals surface area contributed by atoms with E-state index in [-0.39, 0.29) is 11.9 Å². The van der Waals surface area contributed by atoms with Crippen molar-refractivity contribution in [2.24, 2.45) is 0 Å². The molecule has 0 aromatic heterocycles. The second-order valence-electron chi connectivity index (χ2n) is 6.91. The molecule has 1 aliphatic rings. The van der Waals surface area contributed by atoms with E-state index in [1.165, 1.54) is 7.11 Å². The summed E-state index contributed by atoms with van der Waals surface area (Å²) < 4.78 is 10.2. The van der Waals surface area contributed by atoms with Gasteiger partial charge in [0.25, 0.3) is 0 Å². The van der Waals surface area contributed by atoms with Gasteiger partial charge in [0.1, 0.15) is 5.60 Å². The maximum atomic E-state index is 12.2. The molecular weight excluding hydrogens is 304 g/mol. The number of rotatable bonds is 2. The van der Waals surface area contributed by atoms with Crippen LogP contribution >= 0.6 is 0 Å². The lowest BCUT2D eigenvalue weighted by molar-refractivity contribution is 0.00692. The molecule has 0 atom stereocenters. The fraction of sp³-hybridized carbons (Fsp3) is 0.300. The first-order valence-corrected chi connectivity index (χ1v) is 7.86. The third-order valence-corrected chi connectivity index (χ3v) is 3.94. The maximum absolute atomic E-state index is 12.2. The Labute approximate surface area is 141 Å². The fourth-order valence-corrected chi connectivity index (χ4v) is 2.90. The Morgan fingerprint density at radius 1 is 0.875 bits per heavy atom. The fourth-order valence-electron chi connectivity index (χ4n) is 2.90. The summed E-state index contributed by atoms with van der Waals surface area (Å²) in [6, 6.07) is 11.1. The number of esters is 2. The van der Waals surface area contributed by atoms with Crippen LogP contribution in [0.15, 0.2) is 36.4 Å². The molecule has 24 heavy (non-hydrogen) atoms. The van der Waals surface area contributed by atoms with Crippen molar-refractivity contribution in [3.8, 4) is 11.1 Å². The predicted octanol–water partition coefficient (Wildman–Crippen LogP) is 4.00. The van der Waals surface area contributed by atoms with Gasteiger partial charge in [0.05, 0.1) is 18.2 Å². The van der Waals surface area contributed by atoms with Crippen LogP contribution in [0.5, 0.6) is 0 Å². The molecule has 0 amide bonds. The number of hydrogen-bond acceptors (Lipinski definition) is 4. The molecule has 0 fully saturated rings. The minimum Gasteiger partial charge on any atom is -0.465 e. The molecule has 0 unspecified atom stereocenters. The predicted molar refractivity (Wildman–Crippen MR) is 91.2 cm³/mol. The summed E-state index contributed by atoms with van der Waals surface area (Å²) in [5.41, 5.74) is 4.82. The molecule has 0 aliphatic heterocycles. The van der Waals surface area contributed by atoms with Crippen LogP contribution < -0.4 is 0 Å². The summed E-state index contributed by atoms with van der Waals surface area (Å²) in [6.07, 6.45) is 0.739. The quantitative estimate of drug-likeness (QED) is 0.669. The van der Waals surface area contributed by atoms with E-state index in [0.717, 1.165) is 28.7 Å².